The van der Waals surface area contributed by atoms with Gasteiger partial charge in [-0.3, -0.25) is 14.4 Å². The molecule has 0 aromatic carbocycles. The van der Waals surface area contributed by atoms with Gasteiger partial charge in [0, 0.05) is 19.3 Å². The summed E-state index contributed by atoms with van der Waals surface area (Å²) in [6.07, 6.45) is 92.2. The van der Waals surface area contributed by atoms with Crippen LogP contribution in [0.4, 0.5) is 0 Å². The van der Waals surface area contributed by atoms with Gasteiger partial charge in [-0.15, -0.1) is 0 Å². The van der Waals surface area contributed by atoms with Crippen molar-refractivity contribution in [3.8, 4) is 0 Å². The van der Waals surface area contributed by atoms with Crippen LogP contribution in [0, 0.1) is 0 Å². The molecular formula is C75H132O6. The van der Waals surface area contributed by atoms with E-state index in [0.29, 0.717) is 19.3 Å². The Morgan fingerprint density at radius 3 is 0.840 bits per heavy atom. The molecule has 6 heteroatoms. The smallest absolute Gasteiger partial charge is 0.306 e. The van der Waals surface area contributed by atoms with Gasteiger partial charge in [0.2, 0.25) is 0 Å². The second-order valence-corrected chi connectivity index (χ2v) is 23.4. The van der Waals surface area contributed by atoms with Crippen molar-refractivity contribution < 1.29 is 28.6 Å². The average Bonchev–Trinajstić information content (AvgIpc) is 3.46. The lowest BCUT2D eigenvalue weighted by Crippen LogP contribution is -2.30. The van der Waals surface area contributed by atoms with Crippen LogP contribution >= 0.6 is 0 Å². The standard InChI is InChI=1S/C75H132O6/c1-4-7-10-13-16-19-22-25-27-29-30-31-32-33-34-35-36-37-38-39-40-41-42-43-44-46-47-50-53-56-59-62-65-68-74(77)80-71-72(70-79-73(76)67-64-61-58-55-52-49-24-21-18-15-12-9-6-3)81-75(78)69-66-63-60-57-54-51-48-45-28-26-23-20-17-14-11-8-5-2/h8,11-12,15,17,20-21,24,26,28,48,51,57,60,72H,4-7,9-10,13-14,16,18-19,22-23,25,27,29-47,49-50,52-56,58-59,61-71H2,1-3H3/b11-8-,15-12-,20-17-,24-21-,28-26-,51-48-,60-57-. The minimum absolute atomic E-state index is 0.101. The van der Waals surface area contributed by atoms with Gasteiger partial charge in [0.05, 0.1) is 0 Å². The summed E-state index contributed by atoms with van der Waals surface area (Å²) in [6, 6.07) is 0. The third-order valence-electron chi connectivity index (χ3n) is 15.4. The lowest BCUT2D eigenvalue weighted by atomic mass is 10.0. The molecule has 0 fully saturated rings. The molecule has 6 nitrogen and oxygen atoms in total. The third kappa shape index (κ3) is 67.3. The largest absolute Gasteiger partial charge is 0.462 e. The lowest BCUT2D eigenvalue weighted by Gasteiger charge is -2.18. The summed E-state index contributed by atoms with van der Waals surface area (Å²) < 4.78 is 16.9. The Kier molecular flexibility index (Phi) is 66.2. The van der Waals surface area contributed by atoms with Gasteiger partial charge in [-0.05, 0) is 83.5 Å². The first-order chi connectivity index (χ1) is 40.0. The highest BCUT2D eigenvalue weighted by Crippen LogP contribution is 2.18. The second-order valence-electron chi connectivity index (χ2n) is 23.4. The first-order valence-electron chi connectivity index (χ1n) is 35.1. The van der Waals surface area contributed by atoms with Gasteiger partial charge in [-0.25, -0.2) is 0 Å². The molecule has 0 aromatic heterocycles. The molecule has 468 valence electrons. The monoisotopic (exact) mass is 1130 g/mol. The molecule has 0 aliphatic rings. The molecular weight excluding hydrogens is 997 g/mol. The zero-order valence-corrected chi connectivity index (χ0v) is 53.8. The Morgan fingerprint density at radius 2 is 0.519 bits per heavy atom. The number of allylic oxidation sites excluding steroid dienone is 14. The van der Waals surface area contributed by atoms with E-state index in [-0.39, 0.29) is 37.5 Å². The fourth-order valence-electron chi connectivity index (χ4n) is 10.2. The van der Waals surface area contributed by atoms with Gasteiger partial charge in [0.25, 0.3) is 0 Å². The summed E-state index contributed by atoms with van der Waals surface area (Å²) in [6.45, 7) is 6.44. The Morgan fingerprint density at radius 1 is 0.259 bits per heavy atom. The van der Waals surface area contributed by atoms with Crippen molar-refractivity contribution >= 4 is 17.9 Å². The molecule has 0 bridgehead atoms. The SMILES string of the molecule is CC/C=C\C/C=C\C/C=C\C/C=C\C/C=C\CCCC(=O)OC(COC(=O)CCCCCCC/C=C\C/C=C\CCC)COC(=O)CCCCCCCCCCCCCCCCCCCCCCCCCCCCCCCCCCC. The summed E-state index contributed by atoms with van der Waals surface area (Å²) in [4.78, 5) is 38.3. The van der Waals surface area contributed by atoms with E-state index in [1.165, 1.54) is 199 Å². The molecule has 0 aliphatic heterocycles. The molecule has 0 heterocycles. The van der Waals surface area contributed by atoms with Gasteiger partial charge in [-0.1, -0.05) is 337 Å². The van der Waals surface area contributed by atoms with Crippen LogP contribution in [0.3, 0.4) is 0 Å². The van der Waals surface area contributed by atoms with Crippen molar-refractivity contribution in [2.75, 3.05) is 13.2 Å². The third-order valence-corrected chi connectivity index (χ3v) is 15.4. The zero-order chi connectivity index (χ0) is 58.5. The highest BCUT2D eigenvalue weighted by atomic mass is 16.6. The van der Waals surface area contributed by atoms with Crippen LogP contribution in [0.2, 0.25) is 0 Å². The van der Waals surface area contributed by atoms with E-state index in [0.717, 1.165) is 109 Å². The number of rotatable bonds is 64. The van der Waals surface area contributed by atoms with Crippen molar-refractivity contribution in [3.63, 3.8) is 0 Å². The van der Waals surface area contributed by atoms with Crippen LogP contribution in [-0.2, 0) is 28.6 Å². The number of unbranched alkanes of at least 4 members (excludes halogenated alkanes) is 39. The van der Waals surface area contributed by atoms with Crippen molar-refractivity contribution in [1.82, 2.24) is 0 Å². The Bertz CT molecular complexity index is 1530. The Labute approximate surface area is 503 Å². The van der Waals surface area contributed by atoms with Gasteiger partial charge < -0.3 is 14.2 Å². The molecule has 81 heavy (non-hydrogen) atoms. The van der Waals surface area contributed by atoms with Gasteiger partial charge in [-0.2, -0.15) is 0 Å². The van der Waals surface area contributed by atoms with Crippen molar-refractivity contribution in [2.24, 2.45) is 0 Å². The number of hydrogen-bond acceptors (Lipinski definition) is 6. The van der Waals surface area contributed by atoms with E-state index < -0.39 is 6.10 Å². The van der Waals surface area contributed by atoms with Gasteiger partial charge in [0.1, 0.15) is 13.2 Å². The fourth-order valence-corrected chi connectivity index (χ4v) is 10.2. The molecule has 1 atom stereocenters. The second kappa shape index (κ2) is 69.1. The molecule has 0 amide bonds. The molecule has 0 aromatic rings. The van der Waals surface area contributed by atoms with Crippen LogP contribution in [0.15, 0.2) is 85.1 Å². The van der Waals surface area contributed by atoms with Crippen molar-refractivity contribution in [3.05, 3.63) is 85.1 Å². The summed E-state index contributed by atoms with van der Waals surface area (Å²) in [7, 11) is 0. The minimum Gasteiger partial charge on any atom is -0.462 e. The molecule has 0 N–H and O–H groups in total. The molecule has 0 rings (SSSR count). The summed E-state index contributed by atoms with van der Waals surface area (Å²) in [5.41, 5.74) is 0. The van der Waals surface area contributed by atoms with E-state index in [1.54, 1.807) is 0 Å². The maximum Gasteiger partial charge on any atom is 0.306 e. The fraction of sp³-hybridized carbons (Fsp3) is 0.773. The molecule has 0 radical (unpaired) electrons. The predicted molar refractivity (Wildman–Crippen MR) is 353 cm³/mol. The number of ether oxygens (including phenoxy) is 3. The van der Waals surface area contributed by atoms with Crippen LogP contribution in [0.5, 0.6) is 0 Å². The summed E-state index contributed by atoms with van der Waals surface area (Å²) >= 11 is 0. The molecule has 0 aliphatic carbocycles. The molecule has 0 spiro atoms. The summed E-state index contributed by atoms with van der Waals surface area (Å²) in [5.74, 6) is -0.962. The van der Waals surface area contributed by atoms with E-state index >= 15 is 0 Å². The first-order valence-corrected chi connectivity index (χ1v) is 35.1. The number of esters is 3. The Hall–Kier alpha value is -3.41. The van der Waals surface area contributed by atoms with Crippen LogP contribution in [0.25, 0.3) is 0 Å². The van der Waals surface area contributed by atoms with Crippen LogP contribution < -0.4 is 0 Å². The van der Waals surface area contributed by atoms with Crippen molar-refractivity contribution in [1.29, 1.82) is 0 Å². The van der Waals surface area contributed by atoms with E-state index in [2.05, 4.69) is 106 Å². The summed E-state index contributed by atoms with van der Waals surface area (Å²) in [5, 5.41) is 0. The number of carbonyl (C=O) groups excluding carboxylic acids is 3. The van der Waals surface area contributed by atoms with E-state index in [9.17, 15) is 14.4 Å². The minimum atomic E-state index is -0.813. The lowest BCUT2D eigenvalue weighted by molar-refractivity contribution is -0.167. The van der Waals surface area contributed by atoms with Crippen LogP contribution in [-0.4, -0.2) is 37.2 Å². The van der Waals surface area contributed by atoms with Gasteiger partial charge in [0.15, 0.2) is 6.10 Å². The quantitative estimate of drug-likeness (QED) is 0.0261. The normalized spacial score (nSPS) is 12.6. The molecule has 0 saturated carbocycles. The highest BCUT2D eigenvalue weighted by Gasteiger charge is 2.19. The molecule has 1 unspecified atom stereocenters. The van der Waals surface area contributed by atoms with Crippen LogP contribution in [0.1, 0.15) is 355 Å². The maximum atomic E-state index is 12.9. The first kappa shape index (κ1) is 77.6. The predicted octanol–water partition coefficient (Wildman–Crippen LogP) is 24.2. The van der Waals surface area contributed by atoms with E-state index in [4.69, 9.17) is 14.2 Å². The van der Waals surface area contributed by atoms with Gasteiger partial charge >= 0.3 is 17.9 Å². The number of hydrogen-bond donors (Lipinski definition) is 0. The maximum absolute atomic E-state index is 12.9. The highest BCUT2D eigenvalue weighted by molar-refractivity contribution is 5.71. The van der Waals surface area contributed by atoms with Crippen molar-refractivity contribution in [2.45, 2.75) is 361 Å². The average molecular weight is 1130 g/mol. The number of carbonyl (C=O) groups is 3. The Balaban J connectivity index is 4.16. The zero-order valence-electron chi connectivity index (χ0n) is 53.8. The topological polar surface area (TPSA) is 78.9 Å². The molecule has 0 saturated heterocycles. The van der Waals surface area contributed by atoms with E-state index in [1.807, 2.05) is 0 Å².